The molecule has 1 heteroatoms. The van der Waals surface area contributed by atoms with Gasteiger partial charge in [0.05, 0.1) is 41.1 Å². The van der Waals surface area contributed by atoms with Crippen molar-refractivity contribution in [2.75, 3.05) is 0 Å². The van der Waals surface area contributed by atoms with E-state index >= 15 is 0 Å². The molecule has 0 spiro atoms. The molecule has 10 aromatic rings. The molecule has 0 aliphatic carbocycles. The molecule has 49 heavy (non-hydrogen) atoms. The first kappa shape index (κ1) is 11.1. The summed E-state index contributed by atoms with van der Waals surface area (Å²) >= 11 is 0. The minimum Gasteiger partial charge on any atom is -0.456 e. The molecule has 228 valence electrons. The molecule has 0 fully saturated rings. The van der Waals surface area contributed by atoms with Crippen molar-refractivity contribution in [2.45, 2.75) is 0 Å². The SMILES string of the molecule is [2H]c1c([2H])c([2H])c(-c2c([2H])c([2H])c3c(oc4c([2H])c(-c5c6c([2H])c([2H])c([2H])c([2H])c6c(-c6c([2H])c([2H])c([2H])c(-c7c([2H])c([2H])c([2H])c8c([2H])c([2H])c([2H])c([2H])c78)c6[2H])c6c([2H])c([2H])c([2H])c([2H])c56)c([2H])c([2H])c43)c2[2H])c([2H])c1[2H]. The van der Waals surface area contributed by atoms with Crippen molar-refractivity contribution in [1.82, 2.24) is 0 Å². The molecular weight excluding hydrogens is 593 g/mol. The highest BCUT2D eigenvalue weighted by atomic mass is 16.3. The Kier molecular flexibility index (Phi) is 2.50. The summed E-state index contributed by atoms with van der Waals surface area (Å²) in [6.07, 6.45) is 0. The Bertz CT molecular complexity index is 4480. The number of hydrogen-bond acceptors (Lipinski definition) is 1. The van der Waals surface area contributed by atoms with Gasteiger partial charge in [0.2, 0.25) is 0 Å². The van der Waals surface area contributed by atoms with E-state index < -0.39 is 280 Å². The van der Waals surface area contributed by atoms with E-state index in [1.165, 1.54) is 0 Å². The zero-order chi connectivity index (χ0) is 58.4. The van der Waals surface area contributed by atoms with Crippen molar-refractivity contribution >= 4 is 54.3 Å². The van der Waals surface area contributed by atoms with Gasteiger partial charge in [-0.25, -0.2) is 0 Å². The summed E-state index contributed by atoms with van der Waals surface area (Å²) in [5.41, 5.74) is -7.73. The van der Waals surface area contributed by atoms with Crippen molar-refractivity contribution < 1.29 is 45.5 Å². The minimum absolute atomic E-state index is 0.520. The van der Waals surface area contributed by atoms with Crippen LogP contribution in [0.4, 0.5) is 0 Å². The molecule has 1 heterocycles. The van der Waals surface area contributed by atoms with E-state index in [4.69, 9.17) is 31.8 Å². The van der Waals surface area contributed by atoms with Crippen LogP contribution in [0.2, 0.25) is 0 Å². The van der Waals surface area contributed by atoms with Crippen LogP contribution in [-0.4, -0.2) is 0 Å². The zero-order valence-electron chi connectivity index (χ0n) is 54.4. The van der Waals surface area contributed by atoms with Crippen molar-refractivity contribution in [2.24, 2.45) is 0 Å². The molecular formula is C48H30O. The fourth-order valence-corrected chi connectivity index (χ4v) is 5.73. The van der Waals surface area contributed by atoms with Gasteiger partial charge in [-0.05, 0) is 107 Å². The first-order valence-electron chi connectivity index (χ1n) is 29.4. The van der Waals surface area contributed by atoms with Gasteiger partial charge in [0.15, 0.2) is 0 Å². The Morgan fingerprint density at radius 3 is 1.45 bits per heavy atom. The number of benzene rings is 9. The first-order valence-corrected chi connectivity index (χ1v) is 14.4. The monoisotopic (exact) mass is 652 g/mol. The second-order valence-electron chi connectivity index (χ2n) is 10.5. The molecule has 0 saturated heterocycles. The zero-order valence-corrected chi connectivity index (χ0v) is 24.4. The van der Waals surface area contributed by atoms with Crippen molar-refractivity contribution in [3.63, 3.8) is 0 Å². The van der Waals surface area contributed by atoms with Crippen LogP contribution in [0.5, 0.6) is 0 Å². The van der Waals surface area contributed by atoms with Crippen LogP contribution in [0.25, 0.3) is 98.8 Å². The maximum absolute atomic E-state index is 9.86. The molecule has 0 aliphatic rings. The molecule has 0 aliphatic heterocycles. The summed E-state index contributed by atoms with van der Waals surface area (Å²) in [5, 5.41) is -5.54. The lowest BCUT2D eigenvalue weighted by atomic mass is 9.85. The molecule has 0 amide bonds. The smallest absolute Gasteiger partial charge is 0.136 e. The van der Waals surface area contributed by atoms with E-state index in [-0.39, 0.29) is 0 Å². The predicted molar refractivity (Wildman–Crippen MR) is 208 cm³/mol. The highest BCUT2D eigenvalue weighted by Gasteiger charge is 2.18. The number of furan rings is 1. The van der Waals surface area contributed by atoms with Gasteiger partial charge < -0.3 is 4.42 Å². The molecule has 0 bridgehead atoms. The van der Waals surface area contributed by atoms with E-state index in [1.54, 1.807) is 0 Å². The average molecular weight is 653 g/mol. The van der Waals surface area contributed by atoms with E-state index in [1.807, 2.05) is 0 Å². The first-order chi connectivity index (χ1) is 36.8. The normalized spacial score (nSPS) is 20.2. The summed E-state index contributed by atoms with van der Waals surface area (Å²) in [6.45, 7) is 0. The third-order valence-electron chi connectivity index (χ3n) is 7.82. The van der Waals surface area contributed by atoms with E-state index in [2.05, 4.69) is 0 Å². The van der Waals surface area contributed by atoms with Crippen LogP contribution in [0.15, 0.2) is 186 Å². The van der Waals surface area contributed by atoms with Gasteiger partial charge in [0.25, 0.3) is 0 Å². The molecule has 9 aromatic carbocycles. The fourth-order valence-electron chi connectivity index (χ4n) is 5.73. The third-order valence-corrected chi connectivity index (χ3v) is 7.82. The molecule has 0 N–H and O–H groups in total. The highest BCUT2D eigenvalue weighted by Crippen LogP contribution is 2.45. The fraction of sp³-hybridized carbons (Fsp3) is 0. The Hall–Kier alpha value is -6.44. The van der Waals surface area contributed by atoms with Crippen LogP contribution < -0.4 is 0 Å². The Balaban J connectivity index is 1.44. The number of fused-ring (bicyclic) bond motifs is 6. The second kappa shape index (κ2) is 11.1. The summed E-state index contributed by atoms with van der Waals surface area (Å²) in [7, 11) is 0. The molecule has 0 saturated carbocycles. The lowest BCUT2D eigenvalue weighted by molar-refractivity contribution is 0.669. The predicted octanol–water partition coefficient (Wildman–Crippen LogP) is 13.7. The van der Waals surface area contributed by atoms with Crippen LogP contribution in [0, 0.1) is 0 Å². The van der Waals surface area contributed by atoms with E-state index in [0.717, 1.165) is 0 Å². The van der Waals surface area contributed by atoms with Crippen molar-refractivity contribution in [1.29, 1.82) is 0 Å². The van der Waals surface area contributed by atoms with Crippen molar-refractivity contribution in [3.05, 3.63) is 181 Å². The number of rotatable bonds is 4. The van der Waals surface area contributed by atoms with Crippen LogP contribution in [-0.2, 0) is 0 Å². The minimum atomic E-state index is -1.10. The van der Waals surface area contributed by atoms with Crippen LogP contribution in [0.3, 0.4) is 0 Å². The summed E-state index contributed by atoms with van der Waals surface area (Å²) in [5.74, 6) is 0. The van der Waals surface area contributed by atoms with Gasteiger partial charge in [-0.2, -0.15) is 0 Å². The van der Waals surface area contributed by atoms with Crippen LogP contribution >= 0.6 is 0 Å². The van der Waals surface area contributed by atoms with E-state index in [0.29, 0.717) is 0 Å². The molecule has 1 nitrogen and oxygen atoms in total. The third kappa shape index (κ3) is 4.47. The maximum atomic E-state index is 9.86. The second-order valence-corrected chi connectivity index (χ2v) is 10.5. The largest absolute Gasteiger partial charge is 0.456 e. The van der Waals surface area contributed by atoms with Crippen molar-refractivity contribution in [3.8, 4) is 44.5 Å². The average Bonchev–Trinajstić information content (AvgIpc) is 3.89. The van der Waals surface area contributed by atoms with Gasteiger partial charge in [-0.3, -0.25) is 0 Å². The topological polar surface area (TPSA) is 13.1 Å². The van der Waals surface area contributed by atoms with Gasteiger partial charge >= 0.3 is 0 Å². The number of hydrogen-bond donors (Lipinski definition) is 0. The summed E-state index contributed by atoms with van der Waals surface area (Å²) < 4.78 is 275. The Morgan fingerprint density at radius 1 is 0.306 bits per heavy atom. The lowest BCUT2D eigenvalue weighted by Gasteiger charge is -2.18. The highest BCUT2D eigenvalue weighted by molar-refractivity contribution is 6.22. The molecule has 1 aromatic heterocycles. The van der Waals surface area contributed by atoms with Gasteiger partial charge in [-0.1, -0.05) is 151 Å². The van der Waals surface area contributed by atoms with E-state index in [9.17, 15) is 13.7 Å². The van der Waals surface area contributed by atoms with Gasteiger partial charge in [0.1, 0.15) is 11.2 Å². The lowest BCUT2D eigenvalue weighted by Crippen LogP contribution is -1.91. The molecule has 0 radical (unpaired) electrons. The summed E-state index contributed by atoms with van der Waals surface area (Å²) in [6, 6.07) is -28.7. The Labute approximate surface area is 326 Å². The standard InChI is InChI=1S/C48H30O/c1-2-12-31(13-3-1)33-24-26-39-40-27-25-36(30-46(40)49-45(39)29-33)48-43-21-8-6-19-41(43)47(42-20-7-9-22-44(42)48)35-17-10-16-34(28-35)38-23-11-15-32-14-4-5-18-37(32)38/h1-30H/i1D,2D,3D,4D,5D,6D,7D,8D,9D,10D,11D,12D,13D,14D,15D,16D,17D,18D,19D,20D,21D,22D,23D,24D,25D,26D,27D,28D,29D,30D. The molecule has 10 rings (SSSR count). The maximum Gasteiger partial charge on any atom is 0.136 e. The van der Waals surface area contributed by atoms with Gasteiger partial charge in [0, 0.05) is 10.8 Å². The van der Waals surface area contributed by atoms with Crippen LogP contribution in [0.1, 0.15) is 41.1 Å². The molecule has 0 unspecified atom stereocenters. The van der Waals surface area contributed by atoms with Gasteiger partial charge in [-0.15, -0.1) is 0 Å². The molecule has 0 atom stereocenters. The summed E-state index contributed by atoms with van der Waals surface area (Å²) in [4.78, 5) is 0. The Morgan fingerprint density at radius 2 is 0.776 bits per heavy atom. The quantitative estimate of drug-likeness (QED) is 0.172.